The zero-order valence-electron chi connectivity index (χ0n) is 16.0. The molecule has 3 N–H and O–H groups in total. The predicted octanol–water partition coefficient (Wildman–Crippen LogP) is 0.616. The van der Waals surface area contributed by atoms with Gasteiger partial charge in [0.1, 0.15) is 32.7 Å². The molecule has 1 aliphatic rings. The highest BCUT2D eigenvalue weighted by molar-refractivity contribution is 5.90. The smallest absolute Gasteiger partial charge is 0.230 e. The summed E-state index contributed by atoms with van der Waals surface area (Å²) in [4.78, 5) is 15.5. The number of carbonyl (C=O) groups is 1. The first-order chi connectivity index (χ1) is 12.6. The van der Waals surface area contributed by atoms with E-state index in [0.29, 0.717) is 6.42 Å². The Labute approximate surface area is 156 Å². The summed E-state index contributed by atoms with van der Waals surface area (Å²) in [5.74, 6) is 0.126. The predicted molar refractivity (Wildman–Crippen MR) is 106 cm³/mol. The van der Waals surface area contributed by atoms with Crippen LogP contribution in [-0.2, 0) is 11.3 Å². The molecular weight excluding hydrogens is 322 g/mol. The maximum absolute atomic E-state index is 12.3. The van der Waals surface area contributed by atoms with E-state index in [1.54, 1.807) is 9.80 Å². The monoisotopic (exact) mass is 353 g/mol. The molecule has 138 valence electrons. The first-order valence-corrected chi connectivity index (χ1v) is 9.68. The molecule has 0 saturated carbocycles. The number of nitrogens with one attached hydrogen (secondary N) is 3. The van der Waals surface area contributed by atoms with Crippen molar-refractivity contribution >= 4 is 11.6 Å². The fraction of sp³-hybridized carbons (Fsp3) is 0.409. The molecule has 4 nitrogen and oxygen atoms in total. The average molecular weight is 354 g/mol. The van der Waals surface area contributed by atoms with Crippen LogP contribution in [0, 0.1) is 13.8 Å². The number of aryl methyl sites for hydroxylation is 2. The standard InChI is InChI=1S/C22H29N3O/c1-18-14-19(2)16-21(15-18)23-22(26)8-9-24-10-12-25(13-11-24)17-20-6-4-3-5-7-20/h3-7,14-16H,8-13,17H2,1-2H3,(H,23,26)/p+2. The van der Waals surface area contributed by atoms with Crippen LogP contribution in [0.3, 0.4) is 0 Å². The van der Waals surface area contributed by atoms with E-state index in [4.69, 9.17) is 0 Å². The van der Waals surface area contributed by atoms with E-state index in [1.165, 1.54) is 29.8 Å². The first kappa shape index (κ1) is 18.6. The summed E-state index contributed by atoms with van der Waals surface area (Å²) < 4.78 is 0. The van der Waals surface area contributed by atoms with Gasteiger partial charge in [-0.05, 0) is 37.1 Å². The van der Waals surface area contributed by atoms with Crippen LogP contribution in [0.25, 0.3) is 0 Å². The summed E-state index contributed by atoms with van der Waals surface area (Å²) in [6.45, 7) is 10.8. The van der Waals surface area contributed by atoms with Crippen molar-refractivity contribution < 1.29 is 14.6 Å². The molecule has 2 aromatic carbocycles. The molecule has 2 aromatic rings. The number of anilines is 1. The second-order valence-electron chi connectivity index (χ2n) is 7.59. The van der Waals surface area contributed by atoms with Crippen molar-refractivity contribution in [3.63, 3.8) is 0 Å². The van der Waals surface area contributed by atoms with Gasteiger partial charge >= 0.3 is 0 Å². The van der Waals surface area contributed by atoms with Crippen LogP contribution in [0.2, 0.25) is 0 Å². The lowest BCUT2D eigenvalue weighted by Gasteiger charge is -2.29. The molecule has 0 radical (unpaired) electrons. The third-order valence-corrected chi connectivity index (χ3v) is 5.17. The maximum Gasteiger partial charge on any atom is 0.230 e. The van der Waals surface area contributed by atoms with Gasteiger partial charge < -0.3 is 15.1 Å². The molecule has 1 fully saturated rings. The normalized spacial score (nSPS) is 19.9. The Bertz CT molecular complexity index is 701. The van der Waals surface area contributed by atoms with E-state index < -0.39 is 0 Å². The summed E-state index contributed by atoms with van der Waals surface area (Å²) in [7, 11) is 0. The van der Waals surface area contributed by atoms with Crippen LogP contribution in [0.1, 0.15) is 23.1 Å². The highest BCUT2D eigenvalue weighted by Gasteiger charge is 2.23. The van der Waals surface area contributed by atoms with Crippen LogP contribution < -0.4 is 15.1 Å². The van der Waals surface area contributed by atoms with E-state index in [0.717, 1.165) is 31.9 Å². The lowest BCUT2D eigenvalue weighted by atomic mass is 10.1. The Hall–Kier alpha value is -2.17. The number of rotatable bonds is 6. The van der Waals surface area contributed by atoms with Crippen LogP contribution >= 0.6 is 0 Å². The maximum atomic E-state index is 12.3. The van der Waals surface area contributed by atoms with Crippen molar-refractivity contribution in [2.75, 3.05) is 38.0 Å². The van der Waals surface area contributed by atoms with Crippen LogP contribution in [0.15, 0.2) is 48.5 Å². The molecule has 4 heteroatoms. The third-order valence-electron chi connectivity index (χ3n) is 5.17. The van der Waals surface area contributed by atoms with Crippen LogP contribution in [-0.4, -0.2) is 38.6 Å². The number of carbonyl (C=O) groups excluding carboxylic acids is 1. The largest absolute Gasteiger partial charge is 0.326 e. The molecule has 3 rings (SSSR count). The van der Waals surface area contributed by atoms with E-state index in [2.05, 4.69) is 55.6 Å². The Morgan fingerprint density at radius 3 is 2.19 bits per heavy atom. The topological polar surface area (TPSA) is 38.0 Å². The number of amides is 1. The molecule has 1 saturated heterocycles. The van der Waals surface area contributed by atoms with Crippen molar-refractivity contribution in [3.05, 3.63) is 65.2 Å². The molecule has 0 atom stereocenters. The lowest BCUT2D eigenvalue weighted by molar-refractivity contribution is -1.02. The van der Waals surface area contributed by atoms with E-state index >= 15 is 0 Å². The number of benzene rings is 2. The molecule has 0 unspecified atom stereocenters. The number of piperazine rings is 1. The Balaban J connectivity index is 1.38. The van der Waals surface area contributed by atoms with Crippen molar-refractivity contribution in [1.29, 1.82) is 0 Å². The molecule has 1 heterocycles. The van der Waals surface area contributed by atoms with E-state index in [-0.39, 0.29) is 5.91 Å². The zero-order chi connectivity index (χ0) is 18.4. The summed E-state index contributed by atoms with van der Waals surface area (Å²) >= 11 is 0. The van der Waals surface area contributed by atoms with Gasteiger partial charge in [-0.3, -0.25) is 4.79 Å². The van der Waals surface area contributed by atoms with Gasteiger partial charge in [0.25, 0.3) is 0 Å². The van der Waals surface area contributed by atoms with Gasteiger partial charge in [0.05, 0.1) is 13.0 Å². The first-order valence-electron chi connectivity index (χ1n) is 9.68. The number of quaternary nitrogens is 2. The van der Waals surface area contributed by atoms with Gasteiger partial charge in [-0.25, -0.2) is 0 Å². The summed E-state index contributed by atoms with van der Waals surface area (Å²) in [6, 6.07) is 16.9. The third kappa shape index (κ3) is 5.68. The molecule has 0 spiro atoms. The van der Waals surface area contributed by atoms with Gasteiger partial charge in [-0.15, -0.1) is 0 Å². The van der Waals surface area contributed by atoms with Gasteiger partial charge in [0.2, 0.25) is 5.91 Å². The molecule has 0 bridgehead atoms. The molecule has 1 aliphatic heterocycles. The van der Waals surface area contributed by atoms with E-state index in [9.17, 15) is 4.79 Å². The summed E-state index contributed by atoms with van der Waals surface area (Å²) in [6.07, 6.45) is 0.594. The number of hydrogen-bond donors (Lipinski definition) is 3. The van der Waals surface area contributed by atoms with Gasteiger partial charge in [0.15, 0.2) is 0 Å². The Morgan fingerprint density at radius 1 is 0.923 bits per heavy atom. The highest BCUT2D eigenvalue weighted by Crippen LogP contribution is 2.13. The molecule has 1 amide bonds. The lowest BCUT2D eigenvalue weighted by Crippen LogP contribution is -3.27. The Morgan fingerprint density at radius 2 is 1.54 bits per heavy atom. The minimum absolute atomic E-state index is 0.126. The minimum atomic E-state index is 0.126. The second-order valence-corrected chi connectivity index (χ2v) is 7.59. The van der Waals surface area contributed by atoms with Crippen molar-refractivity contribution in [2.24, 2.45) is 0 Å². The minimum Gasteiger partial charge on any atom is -0.326 e. The summed E-state index contributed by atoms with van der Waals surface area (Å²) in [5, 5.41) is 3.05. The molecular formula is C22H31N3O+2. The quantitative estimate of drug-likeness (QED) is 0.700. The fourth-order valence-electron chi connectivity index (χ4n) is 3.83. The van der Waals surface area contributed by atoms with Crippen molar-refractivity contribution in [2.45, 2.75) is 26.8 Å². The van der Waals surface area contributed by atoms with Crippen LogP contribution in [0.5, 0.6) is 0 Å². The molecule has 26 heavy (non-hydrogen) atoms. The molecule has 0 aliphatic carbocycles. The SMILES string of the molecule is Cc1cc(C)cc(NC(=O)CC[NH+]2CC[NH+](Cc3ccccc3)CC2)c1. The van der Waals surface area contributed by atoms with E-state index in [1.807, 2.05) is 12.1 Å². The highest BCUT2D eigenvalue weighted by atomic mass is 16.1. The van der Waals surface area contributed by atoms with Gasteiger partial charge in [-0.2, -0.15) is 0 Å². The zero-order valence-corrected chi connectivity index (χ0v) is 16.0. The summed E-state index contributed by atoms with van der Waals surface area (Å²) in [5.41, 5.74) is 4.70. The second kappa shape index (κ2) is 8.97. The fourth-order valence-corrected chi connectivity index (χ4v) is 3.83. The van der Waals surface area contributed by atoms with Crippen LogP contribution in [0.4, 0.5) is 5.69 Å². The van der Waals surface area contributed by atoms with Crippen molar-refractivity contribution in [1.82, 2.24) is 0 Å². The van der Waals surface area contributed by atoms with Gasteiger partial charge in [-0.1, -0.05) is 36.4 Å². The average Bonchev–Trinajstić information content (AvgIpc) is 2.61. The molecule has 0 aromatic heterocycles. The Kier molecular flexibility index (Phi) is 6.42. The number of hydrogen-bond acceptors (Lipinski definition) is 1. The van der Waals surface area contributed by atoms with Crippen molar-refractivity contribution in [3.8, 4) is 0 Å². The van der Waals surface area contributed by atoms with Gasteiger partial charge in [0, 0.05) is 11.3 Å².